The molecular weight excluding hydrogens is 703 g/mol. The SMILES string of the molecule is c1ccc(-c2cc(-c3ccccc3)cc(-c3cc4c5ccc(-c6ccc(N(c7ccccc7)c7cccc8ccccc78)cc6)cc5oc4c4ccccc34)c2)cc1. The minimum atomic E-state index is 0.878. The molecule has 0 unspecified atom stereocenters. The zero-order valence-corrected chi connectivity index (χ0v) is 31.7. The second kappa shape index (κ2) is 14.1. The zero-order valence-electron chi connectivity index (χ0n) is 31.7. The van der Waals surface area contributed by atoms with E-state index in [1.54, 1.807) is 0 Å². The van der Waals surface area contributed by atoms with Crippen LogP contribution in [0.3, 0.4) is 0 Å². The van der Waals surface area contributed by atoms with Crippen LogP contribution in [0, 0.1) is 0 Å². The van der Waals surface area contributed by atoms with Crippen LogP contribution in [0.2, 0.25) is 0 Å². The van der Waals surface area contributed by atoms with Crippen molar-refractivity contribution in [2.45, 2.75) is 0 Å². The Morgan fingerprint density at radius 2 is 0.828 bits per heavy atom. The number of anilines is 3. The molecule has 0 fully saturated rings. The molecular formula is C56H37NO. The number of hydrogen-bond donors (Lipinski definition) is 0. The fraction of sp³-hybridized carbons (Fsp3) is 0. The number of hydrogen-bond acceptors (Lipinski definition) is 2. The summed E-state index contributed by atoms with van der Waals surface area (Å²) in [7, 11) is 0. The van der Waals surface area contributed by atoms with Gasteiger partial charge in [-0.15, -0.1) is 0 Å². The van der Waals surface area contributed by atoms with Crippen molar-refractivity contribution in [2.75, 3.05) is 4.90 Å². The van der Waals surface area contributed by atoms with Gasteiger partial charge in [-0.25, -0.2) is 0 Å². The number of benzene rings is 10. The van der Waals surface area contributed by atoms with Crippen LogP contribution in [0.25, 0.3) is 88.0 Å². The highest BCUT2D eigenvalue weighted by molar-refractivity contribution is 6.19. The van der Waals surface area contributed by atoms with Crippen LogP contribution in [-0.4, -0.2) is 0 Å². The highest BCUT2D eigenvalue weighted by atomic mass is 16.3. The van der Waals surface area contributed by atoms with Gasteiger partial charge >= 0.3 is 0 Å². The number of fused-ring (bicyclic) bond motifs is 6. The van der Waals surface area contributed by atoms with Crippen molar-refractivity contribution in [3.8, 4) is 44.5 Å². The lowest BCUT2D eigenvalue weighted by atomic mass is 9.90. The molecule has 0 aliphatic heterocycles. The first kappa shape index (κ1) is 33.6. The van der Waals surface area contributed by atoms with Gasteiger partial charge in [-0.05, 0) is 122 Å². The van der Waals surface area contributed by atoms with Crippen molar-refractivity contribution in [3.05, 3.63) is 224 Å². The van der Waals surface area contributed by atoms with E-state index in [0.717, 1.165) is 55.5 Å². The second-order valence-corrected chi connectivity index (χ2v) is 14.9. The molecule has 11 rings (SSSR count). The average molecular weight is 740 g/mol. The summed E-state index contributed by atoms with van der Waals surface area (Å²) in [5, 5.41) is 6.93. The average Bonchev–Trinajstić information content (AvgIpc) is 3.68. The molecule has 1 aromatic heterocycles. The standard InChI is InChI=1S/C56H37NO/c1-4-15-38(16-5-1)43-33-44(39-17-6-2-7-18-39)35-45(34-43)52-37-53-50-32-29-42(36-55(50)58-56(53)51-25-13-12-24-49(51)52)40-27-30-47(31-28-40)57(46-21-8-3-9-22-46)54-26-14-20-41-19-10-11-23-48(41)54/h1-37H. The summed E-state index contributed by atoms with van der Waals surface area (Å²) in [5.74, 6) is 0. The van der Waals surface area contributed by atoms with Crippen molar-refractivity contribution >= 4 is 60.5 Å². The van der Waals surface area contributed by atoms with E-state index in [2.05, 4.69) is 229 Å². The molecule has 1 heterocycles. The predicted octanol–water partition coefficient (Wildman–Crippen LogP) is 16.0. The van der Waals surface area contributed by atoms with Crippen LogP contribution < -0.4 is 4.90 Å². The molecule has 58 heavy (non-hydrogen) atoms. The molecule has 0 amide bonds. The summed E-state index contributed by atoms with van der Waals surface area (Å²) < 4.78 is 6.82. The molecule has 0 aliphatic carbocycles. The van der Waals surface area contributed by atoms with Gasteiger partial charge in [0.1, 0.15) is 11.2 Å². The summed E-state index contributed by atoms with van der Waals surface area (Å²) in [5.41, 5.74) is 14.5. The Labute approximate surface area is 337 Å². The Morgan fingerprint density at radius 3 is 1.53 bits per heavy atom. The van der Waals surface area contributed by atoms with E-state index in [-0.39, 0.29) is 0 Å². The summed E-state index contributed by atoms with van der Waals surface area (Å²) >= 11 is 0. The minimum Gasteiger partial charge on any atom is -0.455 e. The summed E-state index contributed by atoms with van der Waals surface area (Å²) in [6, 6.07) is 80.5. The Hall–Kier alpha value is -7.68. The van der Waals surface area contributed by atoms with Crippen molar-refractivity contribution < 1.29 is 4.42 Å². The lowest BCUT2D eigenvalue weighted by molar-refractivity contribution is 0.673. The molecule has 272 valence electrons. The fourth-order valence-corrected chi connectivity index (χ4v) is 8.60. The molecule has 10 aromatic carbocycles. The van der Waals surface area contributed by atoms with E-state index in [9.17, 15) is 0 Å². The summed E-state index contributed by atoms with van der Waals surface area (Å²) in [6.45, 7) is 0. The highest BCUT2D eigenvalue weighted by Gasteiger charge is 2.18. The maximum atomic E-state index is 6.82. The number of rotatable bonds is 7. The largest absolute Gasteiger partial charge is 0.455 e. The van der Waals surface area contributed by atoms with Gasteiger partial charge in [-0.1, -0.05) is 158 Å². The van der Waals surface area contributed by atoms with Gasteiger partial charge < -0.3 is 9.32 Å². The minimum absolute atomic E-state index is 0.878. The Balaban J connectivity index is 1.02. The summed E-state index contributed by atoms with van der Waals surface area (Å²) in [6.07, 6.45) is 0. The normalized spacial score (nSPS) is 11.4. The molecule has 0 atom stereocenters. The topological polar surface area (TPSA) is 16.4 Å². The maximum Gasteiger partial charge on any atom is 0.143 e. The van der Waals surface area contributed by atoms with E-state index in [4.69, 9.17) is 4.42 Å². The van der Waals surface area contributed by atoms with Crippen LogP contribution in [0.5, 0.6) is 0 Å². The molecule has 2 heteroatoms. The molecule has 11 aromatic rings. The van der Waals surface area contributed by atoms with Crippen LogP contribution in [-0.2, 0) is 0 Å². The molecule has 0 radical (unpaired) electrons. The fourth-order valence-electron chi connectivity index (χ4n) is 8.60. The van der Waals surface area contributed by atoms with Crippen LogP contribution >= 0.6 is 0 Å². The van der Waals surface area contributed by atoms with Gasteiger partial charge in [-0.3, -0.25) is 0 Å². The third-order valence-electron chi connectivity index (χ3n) is 11.4. The van der Waals surface area contributed by atoms with Gasteiger partial charge in [0.15, 0.2) is 0 Å². The molecule has 0 aliphatic rings. The van der Waals surface area contributed by atoms with Crippen molar-refractivity contribution in [2.24, 2.45) is 0 Å². The first-order chi connectivity index (χ1) is 28.7. The van der Waals surface area contributed by atoms with Gasteiger partial charge in [0.25, 0.3) is 0 Å². The Bertz CT molecular complexity index is 3190. The molecule has 0 spiro atoms. The number of furan rings is 1. The number of para-hydroxylation sites is 1. The van der Waals surface area contributed by atoms with E-state index in [1.165, 1.54) is 49.5 Å². The van der Waals surface area contributed by atoms with Crippen molar-refractivity contribution in [3.63, 3.8) is 0 Å². The highest BCUT2D eigenvalue weighted by Crippen LogP contribution is 2.44. The third-order valence-corrected chi connectivity index (χ3v) is 11.4. The molecule has 0 bridgehead atoms. The lowest BCUT2D eigenvalue weighted by Crippen LogP contribution is -2.10. The number of nitrogens with zero attached hydrogens (tertiary/aromatic N) is 1. The van der Waals surface area contributed by atoms with Crippen LogP contribution in [0.4, 0.5) is 17.1 Å². The maximum absolute atomic E-state index is 6.82. The smallest absolute Gasteiger partial charge is 0.143 e. The van der Waals surface area contributed by atoms with Gasteiger partial charge in [-0.2, -0.15) is 0 Å². The van der Waals surface area contributed by atoms with E-state index < -0.39 is 0 Å². The Morgan fingerprint density at radius 1 is 0.293 bits per heavy atom. The van der Waals surface area contributed by atoms with E-state index >= 15 is 0 Å². The molecule has 0 N–H and O–H groups in total. The van der Waals surface area contributed by atoms with E-state index in [1.807, 2.05) is 0 Å². The quantitative estimate of drug-likeness (QED) is 0.162. The van der Waals surface area contributed by atoms with Gasteiger partial charge in [0.05, 0.1) is 5.69 Å². The molecule has 0 saturated heterocycles. The van der Waals surface area contributed by atoms with Gasteiger partial charge in [0.2, 0.25) is 0 Å². The first-order valence-electron chi connectivity index (χ1n) is 19.8. The monoisotopic (exact) mass is 739 g/mol. The van der Waals surface area contributed by atoms with Gasteiger partial charge in [0, 0.05) is 32.9 Å². The zero-order chi connectivity index (χ0) is 38.4. The third kappa shape index (κ3) is 5.91. The summed E-state index contributed by atoms with van der Waals surface area (Å²) in [4.78, 5) is 2.34. The molecule has 0 saturated carbocycles. The first-order valence-corrected chi connectivity index (χ1v) is 19.8. The lowest BCUT2D eigenvalue weighted by Gasteiger charge is -2.27. The predicted molar refractivity (Wildman–Crippen MR) is 245 cm³/mol. The van der Waals surface area contributed by atoms with Crippen LogP contribution in [0.1, 0.15) is 0 Å². The van der Waals surface area contributed by atoms with Crippen molar-refractivity contribution in [1.82, 2.24) is 0 Å². The molecule has 2 nitrogen and oxygen atoms in total. The second-order valence-electron chi connectivity index (χ2n) is 14.9. The van der Waals surface area contributed by atoms with E-state index in [0.29, 0.717) is 0 Å². The Kier molecular flexibility index (Phi) is 8.19. The van der Waals surface area contributed by atoms with Crippen molar-refractivity contribution in [1.29, 1.82) is 0 Å². The van der Waals surface area contributed by atoms with Crippen LogP contribution in [0.15, 0.2) is 229 Å².